The Morgan fingerprint density at radius 1 is 0.931 bits per heavy atom. The number of benzene rings is 2. The van der Waals surface area contributed by atoms with Crippen molar-refractivity contribution in [1.29, 1.82) is 0 Å². The molecule has 5 nitrogen and oxygen atoms in total. The quantitative estimate of drug-likeness (QED) is 0.576. The predicted octanol–water partition coefficient (Wildman–Crippen LogP) is 5.07. The molecule has 1 aromatic heterocycles. The lowest BCUT2D eigenvalue weighted by Gasteiger charge is -2.30. The van der Waals surface area contributed by atoms with Crippen molar-refractivity contribution in [2.24, 2.45) is 5.41 Å². The molecule has 0 radical (unpaired) electrons. The van der Waals surface area contributed by atoms with Crippen molar-refractivity contribution in [3.63, 3.8) is 0 Å². The molecule has 0 spiro atoms. The maximum atomic E-state index is 12.8. The Kier molecular flexibility index (Phi) is 6.10. The molecule has 1 heterocycles. The molecular weight excluding hydrogens is 404 g/mol. The Labute approximate surface area is 175 Å². The van der Waals surface area contributed by atoms with Crippen molar-refractivity contribution < 1.29 is 13.2 Å². The first kappa shape index (κ1) is 21.1. The molecule has 1 amide bonds. The zero-order valence-corrected chi connectivity index (χ0v) is 18.2. The molecule has 0 bridgehead atoms. The summed E-state index contributed by atoms with van der Waals surface area (Å²) in [6, 6.07) is 18.4. The summed E-state index contributed by atoms with van der Waals surface area (Å²) in [5.74, 6) is -0.198. The van der Waals surface area contributed by atoms with Gasteiger partial charge in [0.1, 0.15) is 0 Å². The van der Waals surface area contributed by atoms with E-state index in [2.05, 4.69) is 30.8 Å². The molecule has 0 aliphatic heterocycles. The number of nitrogens with one attached hydrogen (secondary N) is 2. The van der Waals surface area contributed by atoms with Crippen LogP contribution in [-0.4, -0.2) is 14.3 Å². The van der Waals surface area contributed by atoms with Crippen molar-refractivity contribution in [1.82, 2.24) is 5.32 Å². The van der Waals surface area contributed by atoms with Gasteiger partial charge in [-0.05, 0) is 53.3 Å². The first-order valence-corrected chi connectivity index (χ1v) is 11.6. The van der Waals surface area contributed by atoms with E-state index in [1.165, 1.54) is 12.1 Å². The molecule has 29 heavy (non-hydrogen) atoms. The van der Waals surface area contributed by atoms with Gasteiger partial charge in [0.15, 0.2) is 0 Å². The van der Waals surface area contributed by atoms with Crippen molar-refractivity contribution >= 4 is 33.0 Å². The van der Waals surface area contributed by atoms with Crippen LogP contribution in [0.2, 0.25) is 0 Å². The highest BCUT2D eigenvalue weighted by atomic mass is 32.2. The Morgan fingerprint density at radius 2 is 1.59 bits per heavy atom. The minimum absolute atomic E-state index is 0.119. The van der Waals surface area contributed by atoms with Gasteiger partial charge in [0.2, 0.25) is 0 Å². The number of hydrogen-bond donors (Lipinski definition) is 2. The highest BCUT2D eigenvalue weighted by Crippen LogP contribution is 2.35. The molecule has 1 atom stereocenters. The van der Waals surface area contributed by atoms with Crippen LogP contribution in [0.25, 0.3) is 0 Å². The van der Waals surface area contributed by atoms with Crippen LogP contribution in [0, 0.1) is 5.41 Å². The van der Waals surface area contributed by atoms with E-state index < -0.39 is 10.0 Å². The fraction of sp³-hybridized carbons (Fsp3) is 0.227. The van der Waals surface area contributed by atoms with Gasteiger partial charge < -0.3 is 5.32 Å². The van der Waals surface area contributed by atoms with Crippen LogP contribution in [0.5, 0.6) is 0 Å². The van der Waals surface area contributed by atoms with E-state index in [-0.39, 0.29) is 22.3 Å². The third-order valence-electron chi connectivity index (χ3n) is 4.42. The zero-order valence-electron chi connectivity index (χ0n) is 16.5. The first-order chi connectivity index (χ1) is 13.7. The minimum atomic E-state index is -3.66. The predicted molar refractivity (Wildman–Crippen MR) is 118 cm³/mol. The molecule has 0 saturated carbocycles. The number of thiophene rings is 1. The smallest absolute Gasteiger partial charge is 0.261 e. The van der Waals surface area contributed by atoms with Crippen LogP contribution < -0.4 is 10.0 Å². The first-order valence-electron chi connectivity index (χ1n) is 9.19. The largest absolute Gasteiger partial charge is 0.344 e. The molecule has 1 unspecified atom stereocenters. The number of carbonyl (C=O) groups excluding carboxylic acids is 1. The average Bonchev–Trinajstić information content (AvgIpc) is 3.20. The Bertz CT molecular complexity index is 1050. The standard InChI is InChI=1S/C22H24N2O3S2/c1-22(2,3)20(19-10-7-15-28-19)23-21(25)16-11-13-17(14-12-16)24-29(26,27)18-8-5-4-6-9-18/h4-15,20,24H,1-3H3,(H,23,25). The topological polar surface area (TPSA) is 75.3 Å². The zero-order chi connectivity index (χ0) is 21.1. The summed E-state index contributed by atoms with van der Waals surface area (Å²) < 4.78 is 27.4. The Balaban J connectivity index is 1.73. The van der Waals surface area contributed by atoms with E-state index in [1.54, 1.807) is 53.8 Å². The summed E-state index contributed by atoms with van der Waals surface area (Å²) in [5.41, 5.74) is 0.723. The molecule has 0 saturated heterocycles. The number of amides is 1. The average molecular weight is 429 g/mol. The van der Waals surface area contributed by atoms with Gasteiger partial charge in [-0.3, -0.25) is 9.52 Å². The molecule has 0 fully saturated rings. The van der Waals surface area contributed by atoms with Gasteiger partial charge in [-0.15, -0.1) is 11.3 Å². The molecule has 3 aromatic rings. The lowest BCUT2D eigenvalue weighted by atomic mass is 9.85. The molecule has 3 rings (SSSR count). The molecule has 7 heteroatoms. The van der Waals surface area contributed by atoms with Crippen molar-refractivity contribution in [3.05, 3.63) is 82.6 Å². The van der Waals surface area contributed by atoms with E-state index in [0.29, 0.717) is 11.3 Å². The number of carbonyl (C=O) groups is 1. The van der Waals surface area contributed by atoms with Crippen LogP contribution >= 0.6 is 11.3 Å². The lowest BCUT2D eigenvalue weighted by Crippen LogP contribution is -2.36. The number of hydrogen-bond acceptors (Lipinski definition) is 4. The van der Waals surface area contributed by atoms with E-state index in [4.69, 9.17) is 0 Å². The highest BCUT2D eigenvalue weighted by molar-refractivity contribution is 7.92. The Morgan fingerprint density at radius 3 is 2.14 bits per heavy atom. The van der Waals surface area contributed by atoms with Crippen molar-refractivity contribution in [2.45, 2.75) is 31.7 Å². The van der Waals surface area contributed by atoms with Gasteiger partial charge >= 0.3 is 0 Å². The molecule has 2 N–H and O–H groups in total. The van der Waals surface area contributed by atoms with Crippen LogP contribution in [-0.2, 0) is 10.0 Å². The lowest BCUT2D eigenvalue weighted by molar-refractivity contribution is 0.0903. The summed E-state index contributed by atoms with van der Waals surface area (Å²) in [5, 5.41) is 5.10. The van der Waals surface area contributed by atoms with Crippen molar-refractivity contribution in [3.8, 4) is 0 Å². The van der Waals surface area contributed by atoms with E-state index in [1.807, 2.05) is 17.5 Å². The summed E-state index contributed by atoms with van der Waals surface area (Å²) in [7, 11) is -3.66. The summed E-state index contributed by atoms with van der Waals surface area (Å²) in [6.45, 7) is 6.25. The maximum Gasteiger partial charge on any atom is 0.261 e. The van der Waals surface area contributed by atoms with Gasteiger partial charge in [-0.2, -0.15) is 0 Å². The van der Waals surface area contributed by atoms with E-state index in [9.17, 15) is 13.2 Å². The molecule has 0 aliphatic rings. The molecule has 0 aliphatic carbocycles. The van der Waals surface area contributed by atoms with Gasteiger partial charge in [0, 0.05) is 16.1 Å². The summed E-state index contributed by atoms with van der Waals surface area (Å²) >= 11 is 1.61. The highest BCUT2D eigenvalue weighted by Gasteiger charge is 2.29. The maximum absolute atomic E-state index is 12.8. The second kappa shape index (κ2) is 8.39. The van der Waals surface area contributed by atoms with Crippen LogP contribution in [0.4, 0.5) is 5.69 Å². The number of sulfonamides is 1. The van der Waals surface area contributed by atoms with Crippen molar-refractivity contribution in [2.75, 3.05) is 4.72 Å². The second-order valence-corrected chi connectivity index (χ2v) is 10.4. The third-order valence-corrected chi connectivity index (χ3v) is 6.76. The molecule has 152 valence electrons. The fourth-order valence-electron chi connectivity index (χ4n) is 2.89. The number of anilines is 1. The third kappa shape index (κ3) is 5.25. The summed E-state index contributed by atoms with van der Waals surface area (Å²) in [6.07, 6.45) is 0. The van der Waals surface area contributed by atoms with Gasteiger partial charge in [0.05, 0.1) is 10.9 Å². The SMILES string of the molecule is CC(C)(C)C(NC(=O)c1ccc(NS(=O)(=O)c2ccccc2)cc1)c1cccs1. The second-order valence-electron chi connectivity index (χ2n) is 7.78. The van der Waals surface area contributed by atoms with E-state index in [0.717, 1.165) is 4.88 Å². The van der Waals surface area contributed by atoms with Crippen LogP contribution in [0.15, 0.2) is 77.0 Å². The minimum Gasteiger partial charge on any atom is -0.344 e. The van der Waals surface area contributed by atoms with Gasteiger partial charge in [0.25, 0.3) is 15.9 Å². The van der Waals surface area contributed by atoms with Crippen LogP contribution in [0.1, 0.15) is 42.0 Å². The summed E-state index contributed by atoms with van der Waals surface area (Å²) in [4.78, 5) is 14.1. The van der Waals surface area contributed by atoms with Gasteiger partial charge in [-0.1, -0.05) is 45.0 Å². The molecule has 2 aromatic carbocycles. The molecular formula is C22H24N2O3S2. The van der Waals surface area contributed by atoms with Crippen LogP contribution in [0.3, 0.4) is 0 Å². The van der Waals surface area contributed by atoms with Gasteiger partial charge in [-0.25, -0.2) is 8.42 Å². The Hall–Kier alpha value is -2.64. The normalized spacial score (nSPS) is 12.9. The van der Waals surface area contributed by atoms with E-state index >= 15 is 0 Å². The number of rotatable bonds is 6. The monoisotopic (exact) mass is 428 g/mol. The fourth-order valence-corrected chi connectivity index (χ4v) is 4.99.